The molecule has 0 bridgehead atoms. The van der Waals surface area contributed by atoms with Gasteiger partial charge in [0.2, 0.25) is 0 Å². The van der Waals surface area contributed by atoms with Crippen LogP contribution in [0.5, 0.6) is 0 Å². The molecular formula is C15H20N2O3. The lowest BCUT2D eigenvalue weighted by Crippen LogP contribution is -2.28. The fourth-order valence-electron chi connectivity index (χ4n) is 1.47. The standard InChI is InChI=1S/C15H20N2O3/c1-5-13-8-12(6-7-14(13)16-4)9-19-15(18)17-10-20-11(2)3/h5-8,11H,1,4,9-10H2,2-3H3,(H,17,18). The van der Waals surface area contributed by atoms with Crippen molar-refractivity contribution >= 4 is 24.6 Å². The van der Waals surface area contributed by atoms with E-state index < -0.39 is 6.09 Å². The normalized spacial score (nSPS) is 10.2. The summed E-state index contributed by atoms with van der Waals surface area (Å²) < 4.78 is 10.3. The number of amides is 1. The van der Waals surface area contributed by atoms with Gasteiger partial charge >= 0.3 is 6.09 Å². The lowest BCUT2D eigenvalue weighted by molar-refractivity contribution is 0.0568. The first-order valence-corrected chi connectivity index (χ1v) is 6.31. The molecular weight excluding hydrogens is 256 g/mol. The highest BCUT2D eigenvalue weighted by Gasteiger charge is 2.04. The second kappa shape index (κ2) is 8.12. The fourth-order valence-corrected chi connectivity index (χ4v) is 1.47. The van der Waals surface area contributed by atoms with Crippen LogP contribution in [-0.4, -0.2) is 25.6 Å². The Hall–Kier alpha value is -2.14. The van der Waals surface area contributed by atoms with Crippen LogP contribution in [0.2, 0.25) is 0 Å². The van der Waals surface area contributed by atoms with E-state index in [1.807, 2.05) is 32.0 Å². The molecule has 5 nitrogen and oxygen atoms in total. The summed E-state index contributed by atoms with van der Waals surface area (Å²) in [4.78, 5) is 15.3. The second-order valence-corrected chi connectivity index (χ2v) is 4.37. The van der Waals surface area contributed by atoms with Crippen LogP contribution < -0.4 is 5.32 Å². The van der Waals surface area contributed by atoms with E-state index in [0.717, 1.165) is 16.8 Å². The molecule has 0 saturated carbocycles. The van der Waals surface area contributed by atoms with Gasteiger partial charge in [-0.3, -0.25) is 10.3 Å². The third kappa shape index (κ3) is 5.24. The summed E-state index contributed by atoms with van der Waals surface area (Å²) in [6.45, 7) is 11.3. The second-order valence-electron chi connectivity index (χ2n) is 4.37. The number of hydrogen-bond acceptors (Lipinski definition) is 4. The van der Waals surface area contributed by atoms with Crippen LogP contribution in [0.3, 0.4) is 0 Å². The van der Waals surface area contributed by atoms with Crippen molar-refractivity contribution in [1.82, 2.24) is 5.32 Å². The van der Waals surface area contributed by atoms with Crippen molar-refractivity contribution < 1.29 is 14.3 Å². The minimum atomic E-state index is -0.517. The molecule has 20 heavy (non-hydrogen) atoms. The summed E-state index contributed by atoms with van der Waals surface area (Å²) in [5, 5.41) is 2.50. The van der Waals surface area contributed by atoms with Gasteiger partial charge in [-0.2, -0.15) is 0 Å². The Balaban J connectivity index is 2.47. The zero-order valence-electron chi connectivity index (χ0n) is 11.9. The monoisotopic (exact) mass is 276 g/mol. The molecule has 0 fully saturated rings. The molecule has 0 unspecified atom stereocenters. The molecule has 1 aromatic rings. The van der Waals surface area contributed by atoms with E-state index in [1.165, 1.54) is 0 Å². The quantitative estimate of drug-likeness (QED) is 0.614. The zero-order valence-corrected chi connectivity index (χ0v) is 11.9. The van der Waals surface area contributed by atoms with Crippen LogP contribution in [0.15, 0.2) is 29.8 Å². The van der Waals surface area contributed by atoms with Gasteiger partial charge in [-0.05, 0) is 43.8 Å². The minimum Gasteiger partial charge on any atom is -0.445 e. The van der Waals surface area contributed by atoms with Crippen molar-refractivity contribution in [2.45, 2.75) is 26.6 Å². The molecule has 1 rings (SSSR count). The molecule has 0 radical (unpaired) electrons. The van der Waals surface area contributed by atoms with Crippen molar-refractivity contribution in [3.8, 4) is 0 Å². The Kier molecular flexibility index (Phi) is 6.46. The Morgan fingerprint density at radius 2 is 2.25 bits per heavy atom. The SMILES string of the molecule is C=Cc1cc(COC(=O)NCOC(C)C)ccc1N=C. The molecule has 0 aliphatic heterocycles. The summed E-state index contributed by atoms with van der Waals surface area (Å²) in [7, 11) is 0. The lowest BCUT2D eigenvalue weighted by Gasteiger charge is -2.10. The van der Waals surface area contributed by atoms with E-state index >= 15 is 0 Å². The van der Waals surface area contributed by atoms with E-state index in [-0.39, 0.29) is 19.4 Å². The first kappa shape index (κ1) is 15.9. The van der Waals surface area contributed by atoms with E-state index in [9.17, 15) is 4.79 Å². The van der Waals surface area contributed by atoms with E-state index in [0.29, 0.717) is 0 Å². The molecule has 0 atom stereocenters. The summed E-state index contributed by atoms with van der Waals surface area (Å²) >= 11 is 0. The predicted molar refractivity (Wildman–Crippen MR) is 80.2 cm³/mol. The predicted octanol–water partition coefficient (Wildman–Crippen LogP) is 3.27. The van der Waals surface area contributed by atoms with Gasteiger partial charge in [-0.25, -0.2) is 4.79 Å². The summed E-state index contributed by atoms with van der Waals surface area (Å²) in [5.41, 5.74) is 2.45. The van der Waals surface area contributed by atoms with Gasteiger partial charge in [0.05, 0.1) is 11.8 Å². The molecule has 0 heterocycles. The largest absolute Gasteiger partial charge is 0.445 e. The minimum absolute atomic E-state index is 0.0596. The maximum atomic E-state index is 11.4. The van der Waals surface area contributed by atoms with Gasteiger partial charge in [-0.15, -0.1) is 0 Å². The van der Waals surface area contributed by atoms with Crippen LogP contribution in [0.1, 0.15) is 25.0 Å². The number of rotatable bonds is 7. The maximum Gasteiger partial charge on any atom is 0.409 e. The molecule has 1 aromatic carbocycles. The number of benzene rings is 1. The lowest BCUT2D eigenvalue weighted by atomic mass is 10.1. The van der Waals surface area contributed by atoms with Crippen LogP contribution in [0.4, 0.5) is 10.5 Å². The maximum absolute atomic E-state index is 11.4. The van der Waals surface area contributed by atoms with E-state index in [2.05, 4.69) is 23.6 Å². The molecule has 0 aliphatic rings. The first-order valence-electron chi connectivity index (χ1n) is 6.31. The summed E-state index contributed by atoms with van der Waals surface area (Å²) in [6.07, 6.45) is 1.23. The first-order chi connectivity index (χ1) is 9.56. The zero-order chi connectivity index (χ0) is 15.0. The van der Waals surface area contributed by atoms with E-state index in [4.69, 9.17) is 9.47 Å². The van der Waals surface area contributed by atoms with Gasteiger partial charge < -0.3 is 9.47 Å². The number of carbonyl (C=O) groups is 1. The van der Waals surface area contributed by atoms with Crippen molar-refractivity contribution in [3.63, 3.8) is 0 Å². The van der Waals surface area contributed by atoms with Crippen molar-refractivity contribution in [2.24, 2.45) is 4.99 Å². The highest BCUT2D eigenvalue weighted by Crippen LogP contribution is 2.21. The molecule has 1 N–H and O–H groups in total. The number of nitrogens with one attached hydrogen (secondary N) is 1. The number of aliphatic imine (C=N–C) groups is 1. The number of hydrogen-bond donors (Lipinski definition) is 1. The summed E-state index contributed by atoms with van der Waals surface area (Å²) in [6, 6.07) is 5.49. The van der Waals surface area contributed by atoms with E-state index in [1.54, 1.807) is 6.08 Å². The molecule has 0 aliphatic carbocycles. The van der Waals surface area contributed by atoms with Crippen molar-refractivity contribution in [1.29, 1.82) is 0 Å². The third-order valence-corrected chi connectivity index (χ3v) is 2.49. The average molecular weight is 276 g/mol. The fraction of sp³-hybridized carbons (Fsp3) is 0.333. The van der Waals surface area contributed by atoms with Gasteiger partial charge in [0.15, 0.2) is 0 Å². The molecule has 0 aromatic heterocycles. The number of ether oxygens (including phenoxy) is 2. The van der Waals surface area contributed by atoms with Gasteiger partial charge in [0, 0.05) is 0 Å². The molecule has 5 heteroatoms. The Labute approximate surface area is 119 Å². The molecule has 108 valence electrons. The van der Waals surface area contributed by atoms with Gasteiger partial charge in [0.25, 0.3) is 0 Å². The highest BCUT2D eigenvalue weighted by molar-refractivity contribution is 5.67. The Morgan fingerprint density at radius 3 is 2.85 bits per heavy atom. The number of nitrogens with zero attached hydrogens (tertiary/aromatic N) is 1. The Bertz CT molecular complexity index is 484. The third-order valence-electron chi connectivity index (χ3n) is 2.49. The van der Waals surface area contributed by atoms with Crippen LogP contribution in [-0.2, 0) is 16.1 Å². The van der Waals surface area contributed by atoms with Crippen LogP contribution in [0, 0.1) is 0 Å². The highest BCUT2D eigenvalue weighted by atomic mass is 16.6. The topological polar surface area (TPSA) is 59.9 Å². The number of alkyl carbamates (subject to hydrolysis) is 1. The molecule has 1 amide bonds. The summed E-state index contributed by atoms with van der Waals surface area (Å²) in [5.74, 6) is 0. The Morgan fingerprint density at radius 1 is 1.50 bits per heavy atom. The van der Waals surface area contributed by atoms with Crippen LogP contribution >= 0.6 is 0 Å². The average Bonchev–Trinajstić information content (AvgIpc) is 2.44. The smallest absolute Gasteiger partial charge is 0.409 e. The molecule has 0 saturated heterocycles. The van der Waals surface area contributed by atoms with Crippen molar-refractivity contribution in [3.05, 3.63) is 35.9 Å². The van der Waals surface area contributed by atoms with Crippen LogP contribution in [0.25, 0.3) is 6.08 Å². The number of carbonyl (C=O) groups excluding carboxylic acids is 1. The van der Waals surface area contributed by atoms with Crippen molar-refractivity contribution in [2.75, 3.05) is 6.73 Å². The van der Waals surface area contributed by atoms with Gasteiger partial charge in [0.1, 0.15) is 13.3 Å². The van der Waals surface area contributed by atoms with Gasteiger partial charge in [-0.1, -0.05) is 18.7 Å². The molecule has 0 spiro atoms.